The molecule has 0 radical (unpaired) electrons. The van der Waals surface area contributed by atoms with Gasteiger partial charge in [0.05, 0.1) is 19.1 Å². The van der Waals surface area contributed by atoms with E-state index in [0.717, 1.165) is 0 Å². The first-order valence-electron chi connectivity index (χ1n) is 3.98. The lowest BCUT2D eigenvalue weighted by Crippen LogP contribution is -2.41. The van der Waals surface area contributed by atoms with Gasteiger partial charge in [0.1, 0.15) is 0 Å². The molecule has 4 nitrogen and oxygen atoms in total. The Labute approximate surface area is 77.7 Å². The SMILES string of the molecule is O=C1N[C@H](CO)C[C@]1(O)CC(F)(F)F. The summed E-state index contributed by atoms with van der Waals surface area (Å²) in [6, 6.07) is -0.796. The summed E-state index contributed by atoms with van der Waals surface area (Å²) in [5, 5.41) is 20.0. The number of alkyl halides is 3. The number of amides is 1. The van der Waals surface area contributed by atoms with Crippen LogP contribution in [0, 0.1) is 0 Å². The fourth-order valence-electron chi connectivity index (χ4n) is 1.47. The number of halogens is 3. The van der Waals surface area contributed by atoms with Gasteiger partial charge < -0.3 is 15.5 Å². The first-order chi connectivity index (χ1) is 6.27. The molecule has 0 saturated carbocycles. The molecule has 1 saturated heterocycles. The summed E-state index contributed by atoms with van der Waals surface area (Å²) in [6.45, 7) is -0.480. The molecule has 0 aliphatic carbocycles. The van der Waals surface area contributed by atoms with Crippen molar-refractivity contribution in [2.24, 2.45) is 0 Å². The third kappa shape index (κ3) is 2.36. The molecule has 3 N–H and O–H groups in total. The van der Waals surface area contributed by atoms with E-state index in [1.165, 1.54) is 0 Å². The monoisotopic (exact) mass is 213 g/mol. The first-order valence-corrected chi connectivity index (χ1v) is 3.98. The van der Waals surface area contributed by atoms with Gasteiger partial charge in [0, 0.05) is 6.42 Å². The van der Waals surface area contributed by atoms with Gasteiger partial charge in [0.2, 0.25) is 0 Å². The van der Waals surface area contributed by atoms with Gasteiger partial charge in [-0.3, -0.25) is 4.79 Å². The van der Waals surface area contributed by atoms with Crippen LogP contribution in [0.5, 0.6) is 0 Å². The molecule has 0 aromatic carbocycles. The standard InChI is InChI=1S/C7H10F3NO3/c8-7(9,10)3-6(14)1-4(2-12)11-5(6)13/h4,12,14H,1-3H2,(H,11,13)/t4-,6-/m0/s1. The second kappa shape index (κ2) is 3.39. The number of rotatable bonds is 2. The Bertz CT molecular complexity index is 243. The number of carbonyl (C=O) groups excluding carboxylic acids is 1. The fraction of sp³-hybridized carbons (Fsp3) is 0.857. The molecule has 14 heavy (non-hydrogen) atoms. The zero-order valence-electron chi connectivity index (χ0n) is 7.14. The van der Waals surface area contributed by atoms with E-state index in [9.17, 15) is 23.1 Å². The van der Waals surface area contributed by atoms with Gasteiger partial charge in [-0.1, -0.05) is 0 Å². The molecule has 1 aliphatic rings. The van der Waals surface area contributed by atoms with E-state index >= 15 is 0 Å². The summed E-state index contributed by atoms with van der Waals surface area (Å²) in [5.74, 6) is -1.08. The quantitative estimate of drug-likeness (QED) is 0.582. The van der Waals surface area contributed by atoms with Crippen LogP contribution in [0.1, 0.15) is 12.8 Å². The summed E-state index contributed by atoms with van der Waals surface area (Å²) in [5.41, 5.74) is -2.42. The minimum atomic E-state index is -4.60. The van der Waals surface area contributed by atoms with Gasteiger partial charge in [-0.05, 0) is 0 Å². The highest BCUT2D eigenvalue weighted by molar-refractivity contribution is 5.87. The predicted octanol–water partition coefficient (Wildman–Crippen LogP) is -0.449. The Kier molecular flexibility index (Phi) is 2.73. The van der Waals surface area contributed by atoms with Crippen molar-refractivity contribution in [2.45, 2.75) is 30.7 Å². The van der Waals surface area contributed by atoms with Crippen molar-refractivity contribution in [3.05, 3.63) is 0 Å². The number of carbonyl (C=O) groups is 1. The minimum absolute atomic E-state index is 0.415. The topological polar surface area (TPSA) is 69.6 Å². The fourth-order valence-corrected chi connectivity index (χ4v) is 1.47. The molecule has 0 aromatic rings. The van der Waals surface area contributed by atoms with Crippen LogP contribution < -0.4 is 5.32 Å². The second-order valence-corrected chi connectivity index (χ2v) is 3.38. The highest BCUT2D eigenvalue weighted by atomic mass is 19.4. The van der Waals surface area contributed by atoms with E-state index in [-0.39, 0.29) is 0 Å². The van der Waals surface area contributed by atoms with Crippen LogP contribution in [0.15, 0.2) is 0 Å². The van der Waals surface area contributed by atoms with E-state index in [0.29, 0.717) is 0 Å². The molecular formula is C7H10F3NO3. The minimum Gasteiger partial charge on any atom is -0.394 e. The maximum Gasteiger partial charge on any atom is 0.392 e. The molecule has 0 aromatic heterocycles. The molecule has 0 bridgehead atoms. The van der Waals surface area contributed by atoms with Crippen LogP contribution in [-0.4, -0.2) is 40.5 Å². The van der Waals surface area contributed by atoms with Crippen molar-refractivity contribution in [3.63, 3.8) is 0 Å². The van der Waals surface area contributed by atoms with Gasteiger partial charge >= 0.3 is 6.18 Å². The van der Waals surface area contributed by atoms with Crippen molar-refractivity contribution in [1.82, 2.24) is 5.32 Å². The summed E-state index contributed by atoms with van der Waals surface area (Å²) in [7, 11) is 0. The van der Waals surface area contributed by atoms with Crippen LogP contribution in [0.4, 0.5) is 13.2 Å². The van der Waals surface area contributed by atoms with Crippen molar-refractivity contribution in [3.8, 4) is 0 Å². The highest BCUT2D eigenvalue weighted by Crippen LogP contribution is 2.33. The van der Waals surface area contributed by atoms with Crippen LogP contribution in [0.3, 0.4) is 0 Å². The Morgan fingerprint density at radius 3 is 2.50 bits per heavy atom. The number of aliphatic hydroxyl groups excluding tert-OH is 1. The number of nitrogens with one attached hydrogen (secondary N) is 1. The largest absolute Gasteiger partial charge is 0.394 e. The Hall–Kier alpha value is -0.820. The number of hydrogen-bond acceptors (Lipinski definition) is 3. The van der Waals surface area contributed by atoms with Crippen molar-refractivity contribution in [1.29, 1.82) is 0 Å². The molecule has 7 heteroatoms. The van der Waals surface area contributed by atoms with E-state index in [2.05, 4.69) is 5.32 Å². The van der Waals surface area contributed by atoms with E-state index in [1.807, 2.05) is 0 Å². The third-order valence-electron chi connectivity index (χ3n) is 2.06. The number of aliphatic hydroxyl groups is 2. The Morgan fingerprint density at radius 2 is 2.14 bits per heavy atom. The predicted molar refractivity (Wildman–Crippen MR) is 39.3 cm³/mol. The molecule has 82 valence electrons. The Morgan fingerprint density at radius 1 is 1.57 bits per heavy atom. The zero-order chi connectivity index (χ0) is 11.0. The normalized spacial score (nSPS) is 33.2. The van der Waals surface area contributed by atoms with Gasteiger partial charge in [-0.15, -0.1) is 0 Å². The Balaban J connectivity index is 2.70. The lowest BCUT2D eigenvalue weighted by atomic mass is 9.95. The van der Waals surface area contributed by atoms with Crippen LogP contribution >= 0.6 is 0 Å². The van der Waals surface area contributed by atoms with E-state index in [1.54, 1.807) is 0 Å². The van der Waals surface area contributed by atoms with E-state index < -0.39 is 43.2 Å². The molecule has 1 amide bonds. The van der Waals surface area contributed by atoms with Gasteiger partial charge in [-0.25, -0.2) is 0 Å². The van der Waals surface area contributed by atoms with Crippen molar-refractivity contribution < 1.29 is 28.2 Å². The van der Waals surface area contributed by atoms with Gasteiger partial charge in [-0.2, -0.15) is 13.2 Å². The van der Waals surface area contributed by atoms with Crippen LogP contribution in [0.25, 0.3) is 0 Å². The summed E-state index contributed by atoms with van der Waals surface area (Å²) in [6.07, 6.45) is -6.60. The number of hydrogen-bond donors (Lipinski definition) is 3. The molecule has 1 rings (SSSR count). The molecule has 2 atom stereocenters. The summed E-state index contributed by atoms with van der Waals surface area (Å²) < 4.78 is 35.9. The smallest absolute Gasteiger partial charge is 0.392 e. The van der Waals surface area contributed by atoms with Gasteiger partial charge in [0.15, 0.2) is 5.60 Å². The van der Waals surface area contributed by atoms with Gasteiger partial charge in [0.25, 0.3) is 5.91 Å². The molecule has 1 aliphatic heterocycles. The van der Waals surface area contributed by atoms with Crippen molar-refractivity contribution >= 4 is 5.91 Å². The van der Waals surface area contributed by atoms with Crippen LogP contribution in [0.2, 0.25) is 0 Å². The first kappa shape index (κ1) is 11.3. The summed E-state index contributed by atoms with van der Waals surface area (Å²) in [4.78, 5) is 11.0. The maximum atomic E-state index is 12.0. The second-order valence-electron chi connectivity index (χ2n) is 3.38. The molecule has 0 unspecified atom stereocenters. The average Bonchev–Trinajstić information content (AvgIpc) is 2.24. The van der Waals surface area contributed by atoms with Crippen molar-refractivity contribution in [2.75, 3.05) is 6.61 Å². The average molecular weight is 213 g/mol. The summed E-state index contributed by atoms with van der Waals surface area (Å²) >= 11 is 0. The highest BCUT2D eigenvalue weighted by Gasteiger charge is 2.51. The zero-order valence-corrected chi connectivity index (χ0v) is 7.14. The van der Waals surface area contributed by atoms with E-state index in [4.69, 9.17) is 5.11 Å². The molecule has 1 fully saturated rings. The molecule has 0 spiro atoms. The third-order valence-corrected chi connectivity index (χ3v) is 2.06. The van der Waals surface area contributed by atoms with Crippen LogP contribution in [-0.2, 0) is 4.79 Å². The molecule has 1 heterocycles. The lowest BCUT2D eigenvalue weighted by molar-refractivity contribution is -0.180. The molecular weight excluding hydrogens is 203 g/mol. The maximum absolute atomic E-state index is 12.0. The lowest BCUT2D eigenvalue weighted by Gasteiger charge is -2.20.